The molecule has 382 valence electrons. The van der Waals surface area contributed by atoms with Gasteiger partial charge in [-0.05, 0) is 38.5 Å². The van der Waals surface area contributed by atoms with E-state index in [1.165, 1.54) is 17.1 Å². The molecule has 3 aliphatic heterocycles. The molecule has 0 spiro atoms. The summed E-state index contributed by atoms with van der Waals surface area (Å²) in [6.45, 7) is -0.0870. The molecule has 4 heterocycles. The quantitative estimate of drug-likeness (QED) is 0.0720. The number of nitrogens with one attached hydrogen (secondary N) is 5. The third-order valence-corrected chi connectivity index (χ3v) is 13.0. The minimum atomic E-state index is -5.38. The van der Waals surface area contributed by atoms with Crippen molar-refractivity contribution in [1.82, 2.24) is 30.8 Å². The summed E-state index contributed by atoms with van der Waals surface area (Å²) in [5.41, 5.74) is -2.57. The molecule has 2 aliphatic carbocycles. The number of methoxy groups -OCH3 is 1. The number of ether oxygens (including phenoxy) is 6. The van der Waals surface area contributed by atoms with Gasteiger partial charge in [-0.25, -0.2) is 4.79 Å². The molecule has 6 rings (SSSR count). The fraction of sp³-hybridized carbons (Fsp3) is 0.780. The Morgan fingerprint density at radius 1 is 0.882 bits per heavy atom. The molecule has 3 saturated heterocycles. The lowest BCUT2D eigenvalue weighted by molar-refractivity contribution is -0.335. The summed E-state index contributed by atoms with van der Waals surface area (Å²) in [6, 6.07) is -2.51. The average molecular weight is 981 g/mol. The number of amides is 4. The Bertz CT molecular complexity index is 2020. The number of carbonyl (C=O) groups excluding carboxylic acids is 5. The molecule has 5 aliphatic rings. The van der Waals surface area contributed by atoms with Gasteiger partial charge >= 0.3 is 23.7 Å². The van der Waals surface area contributed by atoms with Gasteiger partial charge < -0.3 is 79.8 Å². The molecule has 24 nitrogen and oxygen atoms in total. The highest BCUT2D eigenvalue weighted by molar-refractivity contribution is 5.92. The largest absolute Gasteiger partial charge is 0.471 e. The first-order valence-electron chi connectivity index (χ1n) is 22.4. The third kappa shape index (κ3) is 12.8. The molecule has 0 bridgehead atoms. The smallest absolute Gasteiger partial charge is 0.469 e. The highest BCUT2D eigenvalue weighted by Gasteiger charge is 2.54. The van der Waals surface area contributed by atoms with Gasteiger partial charge in [-0.2, -0.15) is 13.2 Å². The molecule has 9 unspecified atom stereocenters. The number of H-pyrrole nitrogens is 2. The van der Waals surface area contributed by atoms with Crippen molar-refractivity contribution >= 4 is 29.6 Å². The van der Waals surface area contributed by atoms with Crippen molar-refractivity contribution in [2.24, 2.45) is 11.8 Å². The molecule has 5 fully saturated rings. The number of nitrogens with zero attached hydrogens (tertiary/aromatic N) is 1. The highest BCUT2D eigenvalue weighted by Crippen LogP contribution is 2.37. The Hall–Kier alpha value is -4.58. The zero-order valence-corrected chi connectivity index (χ0v) is 37.1. The molecule has 1 aromatic heterocycles. The lowest BCUT2D eigenvalue weighted by Gasteiger charge is -2.49. The lowest BCUT2D eigenvalue weighted by Crippen LogP contribution is -2.69. The van der Waals surface area contributed by atoms with E-state index in [1.54, 1.807) is 0 Å². The number of aliphatic hydroxyl groups excluding tert-OH is 5. The second-order valence-corrected chi connectivity index (χ2v) is 17.7. The standard InChI is InChI=1S/C41H59F3N6O18/c1-17-28(54)30(56)31(57)38(64-17)68-32-20(46-34(58)21-14-25(52)49-40(62)47-21)12-19(36(60)63-2)13-22(32)66-37-27(48-26(53)15-45-39(61)41(42,43)44)33(29(55)24(16-51)67-37)65-23(35(59)50-9-6-10-50)11-18-7-4-3-5-8-18/h14,17-20,22-24,27-33,37-38,51,54-57H,3-13,15-16H2,1-2H3,(H,45,61)(H,46,58)(H,48,53)(H2,47,49,52,62)/t17?,19?,20?,22-,23+,24?,27?,28-,29+,30?,31?,32?,33?,37-,38+/m1/s1. The van der Waals surface area contributed by atoms with E-state index in [-0.39, 0.29) is 18.8 Å². The summed E-state index contributed by atoms with van der Waals surface area (Å²) in [7, 11) is 1.06. The maximum Gasteiger partial charge on any atom is 0.471 e. The van der Waals surface area contributed by atoms with Gasteiger partial charge in [-0.3, -0.25) is 33.8 Å². The van der Waals surface area contributed by atoms with E-state index in [1.807, 2.05) is 4.98 Å². The number of likely N-dealkylation sites (tertiary alicyclic amines) is 1. The second kappa shape index (κ2) is 22.9. The fourth-order valence-corrected chi connectivity index (χ4v) is 9.18. The van der Waals surface area contributed by atoms with Crippen LogP contribution in [0.1, 0.15) is 75.2 Å². The summed E-state index contributed by atoms with van der Waals surface area (Å²) in [6.07, 6.45) is -21.2. The van der Waals surface area contributed by atoms with Crippen LogP contribution < -0.4 is 27.2 Å². The SMILES string of the molecule is COC(=O)C1CC(NC(=O)c2cc(=O)[nH]c(=O)[nH]2)C(O[C@@H]2OC(C)[C@@H](O)C(O)C2O)[C@H](O[C@@H]2OC(CO)[C@H](O)C(O[C@@H](CC3CCCCC3)C(=O)N3CCC3)C2NC(=O)CNC(=O)C(F)(F)F)C1. The Morgan fingerprint density at radius 2 is 1.59 bits per heavy atom. The molecule has 1 aromatic rings. The molecule has 68 heavy (non-hydrogen) atoms. The van der Waals surface area contributed by atoms with Crippen molar-refractivity contribution in [3.8, 4) is 0 Å². The first-order chi connectivity index (χ1) is 32.2. The van der Waals surface area contributed by atoms with Crippen LogP contribution in [0, 0.1) is 11.8 Å². The van der Waals surface area contributed by atoms with Gasteiger partial charge in [0, 0.05) is 19.2 Å². The van der Waals surface area contributed by atoms with Gasteiger partial charge in [-0.15, -0.1) is 0 Å². The monoisotopic (exact) mass is 980 g/mol. The van der Waals surface area contributed by atoms with Gasteiger partial charge in [-0.1, -0.05) is 32.1 Å². The van der Waals surface area contributed by atoms with Gasteiger partial charge in [0.15, 0.2) is 12.6 Å². The molecule has 10 N–H and O–H groups in total. The predicted molar refractivity (Wildman–Crippen MR) is 220 cm³/mol. The van der Waals surface area contributed by atoms with Crippen LogP contribution >= 0.6 is 0 Å². The minimum Gasteiger partial charge on any atom is -0.469 e. The van der Waals surface area contributed by atoms with E-state index in [9.17, 15) is 72.3 Å². The molecule has 0 aromatic carbocycles. The summed E-state index contributed by atoms with van der Waals surface area (Å²) in [4.78, 5) is 96.2. The van der Waals surface area contributed by atoms with Crippen molar-refractivity contribution in [1.29, 1.82) is 0 Å². The number of rotatable bonds is 16. The van der Waals surface area contributed by atoms with Crippen molar-refractivity contribution in [2.45, 2.75) is 157 Å². The highest BCUT2D eigenvalue weighted by atomic mass is 19.4. The summed E-state index contributed by atoms with van der Waals surface area (Å²) < 4.78 is 75.5. The Labute approximate surface area is 385 Å². The van der Waals surface area contributed by atoms with Crippen LogP contribution in [0.25, 0.3) is 0 Å². The van der Waals surface area contributed by atoms with Crippen LogP contribution in [0.4, 0.5) is 13.2 Å². The topological polar surface area (TPSA) is 347 Å². The number of aromatic nitrogens is 2. The number of esters is 1. The van der Waals surface area contributed by atoms with Crippen LogP contribution in [-0.2, 0) is 47.6 Å². The molecule has 15 atom stereocenters. The van der Waals surface area contributed by atoms with Gasteiger partial charge in [0.1, 0.15) is 60.6 Å². The zero-order valence-electron chi connectivity index (χ0n) is 37.1. The van der Waals surface area contributed by atoms with Crippen LogP contribution in [0.3, 0.4) is 0 Å². The molecular formula is C41H59F3N6O18. The molecule has 0 radical (unpaired) electrons. The maximum atomic E-state index is 14.0. The van der Waals surface area contributed by atoms with E-state index in [4.69, 9.17) is 28.4 Å². The van der Waals surface area contributed by atoms with E-state index < -0.39 is 164 Å². The summed E-state index contributed by atoms with van der Waals surface area (Å²) in [5.74, 6) is -7.38. The minimum absolute atomic E-state index is 0.00315. The van der Waals surface area contributed by atoms with E-state index in [0.717, 1.165) is 45.3 Å². The average Bonchev–Trinajstić information content (AvgIpc) is 3.27. The number of halogens is 3. The number of carbonyl (C=O) groups is 5. The van der Waals surface area contributed by atoms with Crippen LogP contribution in [-0.4, -0.2) is 195 Å². The zero-order chi connectivity index (χ0) is 49.6. The fourth-order valence-electron chi connectivity index (χ4n) is 9.18. The predicted octanol–water partition coefficient (Wildman–Crippen LogP) is -3.46. The van der Waals surface area contributed by atoms with Crippen LogP contribution in [0.15, 0.2) is 15.7 Å². The van der Waals surface area contributed by atoms with Crippen molar-refractivity contribution in [2.75, 3.05) is 33.4 Å². The first-order valence-corrected chi connectivity index (χ1v) is 22.4. The third-order valence-electron chi connectivity index (χ3n) is 13.0. The number of hydrogen-bond donors (Lipinski definition) is 10. The van der Waals surface area contributed by atoms with Gasteiger partial charge in [0.2, 0.25) is 5.91 Å². The lowest BCUT2D eigenvalue weighted by atomic mass is 9.81. The van der Waals surface area contributed by atoms with Gasteiger partial charge in [0.25, 0.3) is 17.4 Å². The Morgan fingerprint density at radius 3 is 2.21 bits per heavy atom. The van der Waals surface area contributed by atoms with Crippen molar-refractivity contribution in [3.63, 3.8) is 0 Å². The normalized spacial score (nSPS) is 33.9. The van der Waals surface area contributed by atoms with Crippen molar-refractivity contribution < 1.29 is 91.1 Å². The van der Waals surface area contributed by atoms with Crippen molar-refractivity contribution in [3.05, 3.63) is 32.6 Å². The molecule has 2 saturated carbocycles. The maximum absolute atomic E-state index is 14.0. The number of alkyl halides is 3. The number of aliphatic hydroxyl groups is 5. The Balaban J connectivity index is 1.40. The number of hydrogen-bond acceptors (Lipinski definition) is 18. The number of aromatic amines is 2. The van der Waals surface area contributed by atoms with E-state index in [0.29, 0.717) is 19.5 Å². The molecule has 27 heteroatoms. The van der Waals surface area contributed by atoms with E-state index >= 15 is 0 Å². The molecular weight excluding hydrogens is 921 g/mol. The summed E-state index contributed by atoms with van der Waals surface area (Å²) >= 11 is 0. The van der Waals surface area contributed by atoms with Crippen LogP contribution in [0.5, 0.6) is 0 Å². The van der Waals surface area contributed by atoms with E-state index in [2.05, 4.69) is 15.6 Å². The summed E-state index contributed by atoms with van der Waals surface area (Å²) in [5, 5.41) is 60.9. The molecule has 4 amide bonds. The Kier molecular flexibility index (Phi) is 17.8. The second-order valence-electron chi connectivity index (χ2n) is 17.7. The first kappa shape index (κ1) is 52.8. The van der Waals surface area contributed by atoms with Crippen LogP contribution in [0.2, 0.25) is 0 Å². The van der Waals surface area contributed by atoms with Gasteiger partial charge in [0.05, 0.1) is 44.4 Å².